The van der Waals surface area contributed by atoms with E-state index in [1.807, 2.05) is 12.1 Å². The fraction of sp³-hybridized carbons (Fsp3) is 0.333. The Morgan fingerprint density at radius 1 is 1.00 bits per heavy atom. The molecule has 0 N–H and O–H groups in total. The van der Waals surface area contributed by atoms with Gasteiger partial charge in [0.15, 0.2) is 0 Å². The summed E-state index contributed by atoms with van der Waals surface area (Å²) in [4.78, 5) is 0. The summed E-state index contributed by atoms with van der Waals surface area (Å²) in [7, 11) is 0. The maximum atomic E-state index is 13.0. The van der Waals surface area contributed by atoms with Gasteiger partial charge in [-0.05, 0) is 60.1 Å². The molecule has 0 nitrogen and oxygen atoms in total. The first kappa shape index (κ1) is 13.6. The molecule has 0 aromatic heterocycles. The van der Waals surface area contributed by atoms with E-state index >= 15 is 0 Å². The molecule has 0 saturated carbocycles. The molecule has 1 aliphatic carbocycles. The van der Waals surface area contributed by atoms with E-state index in [9.17, 15) is 4.39 Å². The minimum Gasteiger partial charge on any atom is -0.207 e. The minimum atomic E-state index is -0.195. The fourth-order valence-corrected chi connectivity index (χ4v) is 3.32. The Bertz CT molecular complexity index is 589. The third-order valence-electron chi connectivity index (χ3n) is 4.17. The van der Waals surface area contributed by atoms with Crippen molar-refractivity contribution < 1.29 is 4.39 Å². The van der Waals surface area contributed by atoms with Gasteiger partial charge >= 0.3 is 0 Å². The van der Waals surface area contributed by atoms with E-state index < -0.39 is 0 Å². The first-order valence-electron chi connectivity index (χ1n) is 7.18. The second-order valence-electron chi connectivity index (χ2n) is 5.56. The third kappa shape index (κ3) is 2.88. The van der Waals surface area contributed by atoms with Gasteiger partial charge in [0.05, 0.1) is 0 Å². The van der Waals surface area contributed by atoms with Crippen LogP contribution >= 0.6 is 11.6 Å². The normalized spacial score (nSPS) is 15.1. The van der Waals surface area contributed by atoms with Crippen LogP contribution in [0.2, 0.25) is 0 Å². The summed E-state index contributed by atoms with van der Waals surface area (Å²) < 4.78 is 13.0. The molecule has 104 valence electrons. The first-order chi connectivity index (χ1) is 9.76. The van der Waals surface area contributed by atoms with Crippen LogP contribution in [-0.2, 0) is 19.3 Å². The summed E-state index contributed by atoms with van der Waals surface area (Å²) in [5, 5.41) is 0. The van der Waals surface area contributed by atoms with Gasteiger partial charge in [-0.15, -0.1) is 11.6 Å². The summed E-state index contributed by atoms with van der Waals surface area (Å²) in [6.07, 6.45) is 4.61. The molecule has 1 aliphatic rings. The topological polar surface area (TPSA) is 0 Å². The molecular formula is C18H18ClF. The Morgan fingerprint density at radius 2 is 1.75 bits per heavy atom. The molecule has 3 rings (SSSR count). The molecule has 0 fully saturated rings. The summed E-state index contributed by atoms with van der Waals surface area (Å²) in [6.45, 7) is 0. The Morgan fingerprint density at radius 3 is 2.50 bits per heavy atom. The average molecular weight is 289 g/mol. The quantitative estimate of drug-likeness (QED) is 0.704. The van der Waals surface area contributed by atoms with Crippen LogP contribution in [-0.4, -0.2) is 5.88 Å². The zero-order chi connectivity index (χ0) is 13.9. The largest absolute Gasteiger partial charge is 0.207 e. The van der Waals surface area contributed by atoms with E-state index in [1.165, 1.54) is 48.1 Å². The zero-order valence-electron chi connectivity index (χ0n) is 11.4. The molecule has 0 amide bonds. The van der Waals surface area contributed by atoms with Crippen molar-refractivity contribution in [1.29, 1.82) is 0 Å². The zero-order valence-corrected chi connectivity index (χ0v) is 12.2. The van der Waals surface area contributed by atoms with Gasteiger partial charge in [-0.3, -0.25) is 0 Å². The van der Waals surface area contributed by atoms with Gasteiger partial charge in [0.1, 0.15) is 5.82 Å². The van der Waals surface area contributed by atoms with Crippen LogP contribution in [0.15, 0.2) is 42.5 Å². The monoisotopic (exact) mass is 288 g/mol. The third-order valence-corrected chi connectivity index (χ3v) is 4.55. The molecule has 1 atom stereocenters. The van der Waals surface area contributed by atoms with E-state index in [0.29, 0.717) is 5.88 Å². The highest BCUT2D eigenvalue weighted by Gasteiger charge is 2.15. The maximum absolute atomic E-state index is 13.0. The molecule has 20 heavy (non-hydrogen) atoms. The van der Waals surface area contributed by atoms with Crippen LogP contribution < -0.4 is 0 Å². The van der Waals surface area contributed by atoms with Crippen molar-refractivity contribution in [3.05, 3.63) is 70.5 Å². The predicted octanol–water partition coefficient (Wildman–Crippen LogP) is 4.88. The standard InChI is InChI=1S/C18H18ClF/c19-12-17(15-6-8-18(20)9-7-15)11-13-4-5-14-2-1-3-16(14)10-13/h4-10,17H,1-3,11-12H2. The summed E-state index contributed by atoms with van der Waals surface area (Å²) >= 11 is 6.12. The minimum absolute atomic E-state index is 0.195. The maximum Gasteiger partial charge on any atom is 0.123 e. The van der Waals surface area contributed by atoms with E-state index in [2.05, 4.69) is 18.2 Å². The fourth-order valence-electron chi connectivity index (χ4n) is 3.03. The molecule has 0 bridgehead atoms. The van der Waals surface area contributed by atoms with Gasteiger partial charge in [-0.2, -0.15) is 0 Å². The number of benzene rings is 2. The van der Waals surface area contributed by atoms with Crippen molar-refractivity contribution in [2.24, 2.45) is 0 Å². The SMILES string of the molecule is Fc1ccc(C(CCl)Cc2ccc3c(c2)CCC3)cc1. The highest BCUT2D eigenvalue weighted by molar-refractivity contribution is 6.18. The van der Waals surface area contributed by atoms with Gasteiger partial charge in [0.2, 0.25) is 0 Å². The number of rotatable bonds is 4. The Kier molecular flexibility index (Phi) is 4.07. The number of halogens is 2. The second kappa shape index (κ2) is 5.97. The molecule has 0 spiro atoms. The van der Waals surface area contributed by atoms with Crippen molar-refractivity contribution in [1.82, 2.24) is 0 Å². The van der Waals surface area contributed by atoms with Crippen LogP contribution in [0.4, 0.5) is 4.39 Å². The van der Waals surface area contributed by atoms with E-state index in [-0.39, 0.29) is 11.7 Å². The number of aryl methyl sites for hydroxylation is 2. The number of hydrogen-bond acceptors (Lipinski definition) is 0. The average Bonchev–Trinajstić information content (AvgIpc) is 2.93. The van der Waals surface area contributed by atoms with Gasteiger partial charge in [0.25, 0.3) is 0 Å². The van der Waals surface area contributed by atoms with Gasteiger partial charge in [-0.1, -0.05) is 30.3 Å². The lowest BCUT2D eigenvalue weighted by molar-refractivity contribution is 0.625. The predicted molar refractivity (Wildman–Crippen MR) is 82.0 cm³/mol. The first-order valence-corrected chi connectivity index (χ1v) is 7.72. The number of hydrogen-bond donors (Lipinski definition) is 0. The van der Waals surface area contributed by atoms with Crippen molar-refractivity contribution in [2.75, 3.05) is 5.88 Å². The van der Waals surface area contributed by atoms with Crippen LogP contribution in [0.25, 0.3) is 0 Å². The Hall–Kier alpha value is -1.34. The molecule has 0 heterocycles. The molecule has 0 saturated heterocycles. The lowest BCUT2D eigenvalue weighted by Gasteiger charge is -2.15. The highest BCUT2D eigenvalue weighted by Crippen LogP contribution is 2.27. The Balaban J connectivity index is 1.79. The van der Waals surface area contributed by atoms with Gasteiger partial charge in [-0.25, -0.2) is 4.39 Å². The molecule has 0 aliphatic heterocycles. The van der Waals surface area contributed by atoms with E-state index in [0.717, 1.165) is 12.0 Å². The Labute approximate surface area is 124 Å². The smallest absolute Gasteiger partial charge is 0.123 e. The lowest BCUT2D eigenvalue weighted by atomic mass is 9.92. The van der Waals surface area contributed by atoms with Crippen LogP contribution in [0.5, 0.6) is 0 Å². The second-order valence-corrected chi connectivity index (χ2v) is 5.87. The molecule has 2 aromatic carbocycles. The van der Waals surface area contributed by atoms with Crippen LogP contribution in [0.3, 0.4) is 0 Å². The summed E-state index contributed by atoms with van der Waals surface area (Å²) in [6, 6.07) is 13.5. The summed E-state index contributed by atoms with van der Waals surface area (Å²) in [5.41, 5.74) is 5.44. The van der Waals surface area contributed by atoms with E-state index in [1.54, 1.807) is 0 Å². The lowest BCUT2D eigenvalue weighted by Crippen LogP contribution is -2.05. The molecule has 0 radical (unpaired) electrons. The van der Waals surface area contributed by atoms with Crippen molar-refractivity contribution in [3.63, 3.8) is 0 Å². The number of alkyl halides is 1. The highest BCUT2D eigenvalue weighted by atomic mass is 35.5. The molecule has 2 heteroatoms. The number of fused-ring (bicyclic) bond motifs is 1. The van der Waals surface area contributed by atoms with Crippen molar-refractivity contribution in [3.8, 4) is 0 Å². The van der Waals surface area contributed by atoms with Gasteiger partial charge in [0, 0.05) is 11.8 Å². The van der Waals surface area contributed by atoms with Gasteiger partial charge < -0.3 is 0 Å². The van der Waals surface area contributed by atoms with Crippen LogP contribution in [0, 0.1) is 5.82 Å². The molecular weight excluding hydrogens is 271 g/mol. The summed E-state index contributed by atoms with van der Waals surface area (Å²) in [5.74, 6) is 0.610. The van der Waals surface area contributed by atoms with Crippen molar-refractivity contribution in [2.45, 2.75) is 31.6 Å². The molecule has 1 unspecified atom stereocenters. The molecule has 2 aromatic rings. The van der Waals surface area contributed by atoms with E-state index in [4.69, 9.17) is 11.6 Å². The van der Waals surface area contributed by atoms with Crippen LogP contribution in [0.1, 0.15) is 34.6 Å². The van der Waals surface area contributed by atoms with Crippen molar-refractivity contribution >= 4 is 11.6 Å².